The van der Waals surface area contributed by atoms with Crippen LogP contribution in [-0.4, -0.2) is 19.5 Å². The van der Waals surface area contributed by atoms with Gasteiger partial charge < -0.3 is 4.57 Å². The van der Waals surface area contributed by atoms with Gasteiger partial charge in [-0.1, -0.05) is 133 Å². The van der Waals surface area contributed by atoms with Crippen LogP contribution < -0.4 is 0 Å². The molecule has 0 unspecified atom stereocenters. The van der Waals surface area contributed by atoms with E-state index < -0.39 is 0 Å². The first-order valence-corrected chi connectivity index (χ1v) is 17.4. The average molecular weight is 673 g/mol. The summed E-state index contributed by atoms with van der Waals surface area (Å²) >= 11 is 0. The number of nitrogens with zero attached hydrogens (tertiary/aromatic N) is 4. The number of rotatable bonds is 6. The highest BCUT2D eigenvalue weighted by atomic mass is 19.1. The van der Waals surface area contributed by atoms with Crippen molar-refractivity contribution >= 4 is 21.8 Å². The minimum absolute atomic E-state index is 0.269. The molecule has 5 heteroatoms. The third kappa shape index (κ3) is 5.62. The van der Waals surface area contributed by atoms with Crippen LogP contribution in [0.3, 0.4) is 0 Å². The number of aromatic nitrogens is 4. The van der Waals surface area contributed by atoms with Crippen LogP contribution in [0.2, 0.25) is 0 Å². The Morgan fingerprint density at radius 2 is 1.00 bits per heavy atom. The third-order valence-electron chi connectivity index (χ3n) is 9.72. The second kappa shape index (κ2) is 12.9. The van der Waals surface area contributed by atoms with Crippen LogP contribution in [0.4, 0.5) is 4.39 Å². The lowest BCUT2D eigenvalue weighted by Crippen LogP contribution is -2.04. The Morgan fingerprint density at radius 1 is 0.423 bits per heavy atom. The van der Waals surface area contributed by atoms with Crippen LogP contribution in [-0.2, 0) is 0 Å². The number of hydrogen-bond donors (Lipinski definition) is 0. The average Bonchev–Trinajstić information content (AvgIpc) is 3.52. The summed E-state index contributed by atoms with van der Waals surface area (Å²) in [6.07, 6.45) is 0. The van der Waals surface area contributed by atoms with E-state index in [1.807, 2.05) is 72.8 Å². The zero-order chi connectivity index (χ0) is 35.2. The maximum absolute atomic E-state index is 14.1. The number of fused-ring (bicyclic) bond motifs is 3. The van der Waals surface area contributed by atoms with Crippen molar-refractivity contribution in [3.8, 4) is 62.1 Å². The van der Waals surface area contributed by atoms with Gasteiger partial charge in [-0.25, -0.2) is 19.3 Å². The summed E-state index contributed by atoms with van der Waals surface area (Å²) in [6.45, 7) is 4.29. The molecule has 9 aromatic rings. The molecule has 4 nitrogen and oxygen atoms in total. The lowest BCUT2D eigenvalue weighted by molar-refractivity contribution is 0.628. The van der Waals surface area contributed by atoms with Gasteiger partial charge in [0.25, 0.3) is 0 Å². The van der Waals surface area contributed by atoms with Gasteiger partial charge in [0, 0.05) is 27.5 Å². The molecule has 0 bridgehead atoms. The van der Waals surface area contributed by atoms with Gasteiger partial charge in [0.1, 0.15) is 5.82 Å². The first-order valence-electron chi connectivity index (χ1n) is 17.4. The number of aryl methyl sites for hydroxylation is 2. The predicted molar refractivity (Wildman–Crippen MR) is 211 cm³/mol. The fourth-order valence-corrected chi connectivity index (χ4v) is 7.19. The van der Waals surface area contributed by atoms with Gasteiger partial charge in [-0.2, -0.15) is 0 Å². The van der Waals surface area contributed by atoms with Gasteiger partial charge in [-0.05, 0) is 78.1 Å². The SMILES string of the molecule is Cc1ccc(-c2ccc3c4ccccc4n(-c4cc(-c5ccc(F)cc5)ccc4-c4nc(-c5ccccc5)nc(-c5ccccc5)n4)c3c2)c(C)c1. The van der Waals surface area contributed by atoms with Gasteiger partial charge in [0.15, 0.2) is 17.5 Å². The summed E-state index contributed by atoms with van der Waals surface area (Å²) in [4.78, 5) is 15.2. The van der Waals surface area contributed by atoms with Crippen molar-refractivity contribution in [2.45, 2.75) is 13.8 Å². The van der Waals surface area contributed by atoms with Crippen LogP contribution in [0.1, 0.15) is 11.1 Å². The van der Waals surface area contributed by atoms with E-state index in [2.05, 4.69) is 97.3 Å². The normalized spacial score (nSPS) is 11.4. The quantitative estimate of drug-likeness (QED) is 0.177. The molecule has 7 aromatic carbocycles. The summed E-state index contributed by atoms with van der Waals surface area (Å²) in [5.41, 5.74) is 12.4. The van der Waals surface area contributed by atoms with Crippen molar-refractivity contribution in [3.63, 3.8) is 0 Å². The molecule has 0 aliphatic rings. The fourth-order valence-electron chi connectivity index (χ4n) is 7.19. The Morgan fingerprint density at radius 3 is 1.69 bits per heavy atom. The summed E-state index contributed by atoms with van der Waals surface area (Å²) in [7, 11) is 0. The van der Waals surface area contributed by atoms with Crippen molar-refractivity contribution in [2.24, 2.45) is 0 Å². The van der Waals surface area contributed by atoms with E-state index in [0.717, 1.165) is 60.9 Å². The van der Waals surface area contributed by atoms with E-state index in [0.29, 0.717) is 17.5 Å². The smallest absolute Gasteiger partial charge is 0.166 e. The molecule has 0 atom stereocenters. The topological polar surface area (TPSA) is 43.6 Å². The van der Waals surface area contributed by atoms with Crippen molar-refractivity contribution in [1.29, 1.82) is 0 Å². The second-order valence-electron chi connectivity index (χ2n) is 13.2. The van der Waals surface area contributed by atoms with Crippen LogP contribution in [0.15, 0.2) is 164 Å². The molecule has 2 aromatic heterocycles. The number of para-hydroxylation sites is 1. The highest BCUT2D eigenvalue weighted by Crippen LogP contribution is 2.40. The lowest BCUT2D eigenvalue weighted by atomic mass is 9.97. The molecule has 0 N–H and O–H groups in total. The number of benzene rings is 7. The van der Waals surface area contributed by atoms with Gasteiger partial charge in [0.05, 0.1) is 16.7 Å². The predicted octanol–water partition coefficient (Wildman–Crippen LogP) is 12.1. The van der Waals surface area contributed by atoms with E-state index >= 15 is 0 Å². The van der Waals surface area contributed by atoms with E-state index in [4.69, 9.17) is 15.0 Å². The molecule has 0 saturated carbocycles. The number of halogens is 1. The summed E-state index contributed by atoms with van der Waals surface area (Å²) in [5.74, 6) is 1.48. The van der Waals surface area contributed by atoms with Crippen LogP contribution in [0.25, 0.3) is 83.9 Å². The van der Waals surface area contributed by atoms with Crippen LogP contribution in [0, 0.1) is 19.7 Å². The monoisotopic (exact) mass is 672 g/mol. The van der Waals surface area contributed by atoms with Crippen molar-refractivity contribution in [3.05, 3.63) is 181 Å². The maximum atomic E-state index is 14.1. The summed E-state index contributed by atoms with van der Waals surface area (Å²) in [5, 5.41) is 2.29. The second-order valence-corrected chi connectivity index (χ2v) is 13.2. The highest BCUT2D eigenvalue weighted by Gasteiger charge is 2.21. The molecular weight excluding hydrogens is 640 g/mol. The van der Waals surface area contributed by atoms with Gasteiger partial charge in [-0.15, -0.1) is 0 Å². The highest BCUT2D eigenvalue weighted by molar-refractivity contribution is 6.11. The molecule has 0 fully saturated rings. The Balaban J connectivity index is 1.36. The Bertz CT molecular complexity index is 2690. The number of hydrogen-bond acceptors (Lipinski definition) is 3. The van der Waals surface area contributed by atoms with Crippen molar-refractivity contribution in [2.75, 3.05) is 0 Å². The molecule has 0 aliphatic heterocycles. The molecule has 9 rings (SSSR count). The third-order valence-corrected chi connectivity index (χ3v) is 9.72. The van der Waals surface area contributed by atoms with E-state index in [1.165, 1.54) is 28.8 Å². The lowest BCUT2D eigenvalue weighted by Gasteiger charge is -2.17. The van der Waals surface area contributed by atoms with E-state index in [9.17, 15) is 4.39 Å². The Labute approximate surface area is 301 Å². The zero-order valence-electron chi connectivity index (χ0n) is 28.8. The van der Waals surface area contributed by atoms with E-state index in [1.54, 1.807) is 0 Å². The van der Waals surface area contributed by atoms with Crippen LogP contribution >= 0.6 is 0 Å². The molecule has 0 radical (unpaired) electrons. The van der Waals surface area contributed by atoms with Gasteiger partial charge >= 0.3 is 0 Å². The zero-order valence-corrected chi connectivity index (χ0v) is 28.8. The largest absolute Gasteiger partial charge is 0.308 e. The fraction of sp³-hybridized carbons (Fsp3) is 0.0426. The first-order chi connectivity index (χ1) is 25.5. The molecule has 0 spiro atoms. The molecule has 0 amide bonds. The minimum Gasteiger partial charge on any atom is -0.308 e. The van der Waals surface area contributed by atoms with Crippen molar-refractivity contribution < 1.29 is 4.39 Å². The summed E-state index contributed by atoms with van der Waals surface area (Å²) in [6, 6.07) is 54.9. The standard InChI is InChI=1S/C47H33FN4/c1-30-17-24-38(31(2)27-30)36-21-25-40-39-15-9-10-16-42(39)52(43(40)29-36)44-28-35(32-18-22-37(48)23-19-32)20-26-41(44)47-50-45(33-11-5-3-6-12-33)49-46(51-47)34-13-7-4-8-14-34/h3-29H,1-2H3. The Kier molecular flexibility index (Phi) is 7.74. The first kappa shape index (κ1) is 31.3. The molecule has 0 saturated heterocycles. The molecule has 0 aliphatic carbocycles. The summed E-state index contributed by atoms with van der Waals surface area (Å²) < 4.78 is 16.4. The van der Waals surface area contributed by atoms with Gasteiger partial charge in [0.2, 0.25) is 0 Å². The molecular formula is C47H33FN4. The van der Waals surface area contributed by atoms with E-state index in [-0.39, 0.29) is 5.82 Å². The molecule has 2 heterocycles. The maximum Gasteiger partial charge on any atom is 0.166 e. The van der Waals surface area contributed by atoms with Gasteiger partial charge in [-0.3, -0.25) is 0 Å². The molecule has 248 valence electrons. The minimum atomic E-state index is -0.269. The van der Waals surface area contributed by atoms with Crippen LogP contribution in [0.5, 0.6) is 0 Å². The molecule has 52 heavy (non-hydrogen) atoms. The van der Waals surface area contributed by atoms with Crippen molar-refractivity contribution in [1.82, 2.24) is 19.5 Å². The Hall–Kier alpha value is -6.72.